The molecular formula is C30H37N5O6S2. The predicted molar refractivity (Wildman–Crippen MR) is 163 cm³/mol. The van der Waals surface area contributed by atoms with Gasteiger partial charge in [-0.25, -0.2) is 17.9 Å². The Labute approximate surface area is 255 Å². The van der Waals surface area contributed by atoms with Crippen molar-refractivity contribution in [2.75, 3.05) is 25.0 Å². The van der Waals surface area contributed by atoms with Gasteiger partial charge in [0.1, 0.15) is 5.00 Å². The molecule has 11 nitrogen and oxygen atoms in total. The standard InChI is InChI=1S/C30H37N5O6S2/c1-5-22-9-7-8-15-34(22)43(39,40)23-12-10-21(11-13-23)27(36)31-28-26(29(37)35-20(4)17-19(3)32-35)24-14-16-33(18-25(24)42-28)30(38)41-6-2/h10-13,17,22H,5-9,14-16,18H2,1-4H3,(H,31,36). The number of aryl methyl sites for hydroxylation is 2. The summed E-state index contributed by atoms with van der Waals surface area (Å²) in [6.45, 7) is 8.72. The summed E-state index contributed by atoms with van der Waals surface area (Å²) >= 11 is 1.24. The van der Waals surface area contributed by atoms with Gasteiger partial charge in [-0.15, -0.1) is 11.3 Å². The number of fused-ring (bicyclic) bond motifs is 1. The fourth-order valence-corrected chi connectivity index (χ4v) is 8.83. The maximum Gasteiger partial charge on any atom is 0.410 e. The number of benzene rings is 1. The topological polar surface area (TPSA) is 131 Å². The van der Waals surface area contributed by atoms with E-state index in [2.05, 4.69) is 10.4 Å². The molecule has 0 radical (unpaired) electrons. The van der Waals surface area contributed by atoms with Crippen LogP contribution in [-0.4, -0.2) is 71.0 Å². The molecular weight excluding hydrogens is 590 g/mol. The highest BCUT2D eigenvalue weighted by atomic mass is 32.2. The molecule has 1 fully saturated rings. The molecule has 1 saturated heterocycles. The van der Waals surface area contributed by atoms with Crippen LogP contribution in [0.15, 0.2) is 35.2 Å². The second kappa shape index (κ2) is 12.6. The van der Waals surface area contributed by atoms with E-state index in [9.17, 15) is 22.8 Å². The van der Waals surface area contributed by atoms with Gasteiger partial charge in [0.05, 0.1) is 29.3 Å². The Bertz CT molecular complexity index is 1640. The van der Waals surface area contributed by atoms with Gasteiger partial charge in [-0.1, -0.05) is 13.3 Å². The Hall–Kier alpha value is -3.55. The lowest BCUT2D eigenvalue weighted by molar-refractivity contribution is 0.0941. The summed E-state index contributed by atoms with van der Waals surface area (Å²) in [7, 11) is -3.69. The van der Waals surface area contributed by atoms with E-state index >= 15 is 0 Å². The van der Waals surface area contributed by atoms with E-state index in [0.29, 0.717) is 41.5 Å². The van der Waals surface area contributed by atoms with E-state index in [-0.39, 0.29) is 35.6 Å². The highest BCUT2D eigenvalue weighted by molar-refractivity contribution is 7.89. The number of hydrogen-bond acceptors (Lipinski definition) is 8. The Kier molecular flexibility index (Phi) is 9.04. The van der Waals surface area contributed by atoms with Gasteiger partial charge in [-0.3, -0.25) is 9.59 Å². The molecule has 3 aromatic rings. The molecule has 4 heterocycles. The van der Waals surface area contributed by atoms with Crippen LogP contribution in [0.1, 0.15) is 82.1 Å². The van der Waals surface area contributed by atoms with Crippen molar-refractivity contribution < 1.29 is 27.5 Å². The molecule has 2 aliphatic rings. The number of ether oxygens (including phenoxy) is 1. The van der Waals surface area contributed by atoms with E-state index < -0.39 is 22.0 Å². The lowest BCUT2D eigenvalue weighted by Crippen LogP contribution is -2.43. The second-order valence-corrected chi connectivity index (χ2v) is 13.9. The summed E-state index contributed by atoms with van der Waals surface area (Å²) < 4.78 is 34.8. The Morgan fingerprint density at radius 3 is 2.49 bits per heavy atom. The van der Waals surface area contributed by atoms with Crippen LogP contribution in [0.3, 0.4) is 0 Å². The SMILES string of the molecule is CCOC(=O)N1CCc2c(sc(NC(=O)c3ccc(S(=O)(=O)N4CCCCC4CC)cc3)c2C(=O)n2nc(C)cc2C)C1. The van der Waals surface area contributed by atoms with Gasteiger partial charge < -0.3 is 15.0 Å². The first-order chi connectivity index (χ1) is 20.5. The van der Waals surface area contributed by atoms with Gasteiger partial charge in [-0.2, -0.15) is 9.40 Å². The number of thiophene rings is 1. The highest BCUT2D eigenvalue weighted by Crippen LogP contribution is 2.38. The number of nitrogens with zero attached hydrogens (tertiary/aromatic N) is 4. The third-order valence-electron chi connectivity index (χ3n) is 7.99. The van der Waals surface area contributed by atoms with Crippen molar-refractivity contribution in [3.8, 4) is 0 Å². The molecule has 1 unspecified atom stereocenters. The minimum atomic E-state index is -3.69. The van der Waals surface area contributed by atoms with Crippen LogP contribution in [0.25, 0.3) is 0 Å². The van der Waals surface area contributed by atoms with Gasteiger partial charge in [0.25, 0.3) is 11.8 Å². The van der Waals surface area contributed by atoms with E-state index in [1.54, 1.807) is 36.0 Å². The first-order valence-electron chi connectivity index (χ1n) is 14.6. The molecule has 1 atom stereocenters. The predicted octanol–water partition coefficient (Wildman–Crippen LogP) is 4.97. The van der Waals surface area contributed by atoms with Gasteiger partial charge in [0.15, 0.2) is 0 Å². The van der Waals surface area contributed by atoms with Crippen molar-refractivity contribution in [1.82, 2.24) is 19.0 Å². The van der Waals surface area contributed by atoms with Crippen molar-refractivity contribution in [3.05, 3.63) is 63.3 Å². The monoisotopic (exact) mass is 627 g/mol. The molecule has 1 aromatic carbocycles. The van der Waals surface area contributed by atoms with Crippen LogP contribution in [0.2, 0.25) is 0 Å². The number of nitrogens with one attached hydrogen (secondary N) is 1. The summed E-state index contributed by atoms with van der Waals surface area (Å²) in [5.74, 6) is -0.840. The lowest BCUT2D eigenvalue weighted by Gasteiger charge is -2.34. The van der Waals surface area contributed by atoms with Gasteiger partial charge in [-0.05, 0) is 82.3 Å². The third-order valence-corrected chi connectivity index (χ3v) is 11.1. The van der Waals surface area contributed by atoms with Crippen molar-refractivity contribution in [3.63, 3.8) is 0 Å². The van der Waals surface area contributed by atoms with E-state index in [1.165, 1.54) is 40.3 Å². The summed E-state index contributed by atoms with van der Waals surface area (Å²) in [5, 5.41) is 7.60. The molecule has 5 rings (SSSR count). The molecule has 230 valence electrons. The van der Waals surface area contributed by atoms with Crippen LogP contribution in [-0.2, 0) is 27.7 Å². The van der Waals surface area contributed by atoms with Crippen LogP contribution < -0.4 is 5.32 Å². The van der Waals surface area contributed by atoms with E-state index in [4.69, 9.17) is 4.74 Å². The first-order valence-corrected chi connectivity index (χ1v) is 16.9. The number of anilines is 1. The molecule has 2 aliphatic heterocycles. The lowest BCUT2D eigenvalue weighted by atomic mass is 10.0. The number of piperidine rings is 1. The first kappa shape index (κ1) is 30.9. The number of rotatable bonds is 7. The number of hydrogen-bond donors (Lipinski definition) is 1. The normalized spacial score (nSPS) is 17.4. The van der Waals surface area contributed by atoms with Gasteiger partial charge in [0.2, 0.25) is 10.0 Å². The number of aromatic nitrogens is 2. The largest absolute Gasteiger partial charge is 0.450 e. The van der Waals surface area contributed by atoms with Crippen molar-refractivity contribution in [2.24, 2.45) is 0 Å². The van der Waals surface area contributed by atoms with Crippen LogP contribution in [0, 0.1) is 13.8 Å². The van der Waals surface area contributed by atoms with E-state index in [1.807, 2.05) is 6.92 Å². The Morgan fingerprint density at radius 1 is 1.09 bits per heavy atom. The van der Waals surface area contributed by atoms with E-state index in [0.717, 1.165) is 36.1 Å². The third kappa shape index (κ3) is 6.11. The molecule has 43 heavy (non-hydrogen) atoms. The maximum atomic E-state index is 13.8. The minimum absolute atomic E-state index is 0.0236. The van der Waals surface area contributed by atoms with Crippen molar-refractivity contribution >= 4 is 44.3 Å². The van der Waals surface area contributed by atoms with Crippen molar-refractivity contribution in [1.29, 1.82) is 0 Å². The molecule has 0 aliphatic carbocycles. The molecule has 0 bridgehead atoms. The van der Waals surface area contributed by atoms with Crippen LogP contribution >= 0.6 is 11.3 Å². The molecule has 2 amide bonds. The summed E-state index contributed by atoms with van der Waals surface area (Å²) in [4.78, 5) is 42.2. The van der Waals surface area contributed by atoms with Crippen LogP contribution in [0.4, 0.5) is 9.80 Å². The average molecular weight is 628 g/mol. The number of sulfonamides is 1. The maximum absolute atomic E-state index is 13.8. The zero-order valence-corrected chi connectivity index (χ0v) is 26.5. The molecule has 13 heteroatoms. The molecule has 0 saturated carbocycles. The average Bonchev–Trinajstić information content (AvgIpc) is 3.54. The quantitative estimate of drug-likeness (QED) is 0.391. The van der Waals surface area contributed by atoms with Crippen LogP contribution in [0.5, 0.6) is 0 Å². The fraction of sp³-hybridized carbons (Fsp3) is 0.467. The summed E-state index contributed by atoms with van der Waals surface area (Å²) in [6, 6.07) is 7.69. The number of carbonyl (C=O) groups is 3. The smallest absolute Gasteiger partial charge is 0.410 e. The molecule has 2 aromatic heterocycles. The zero-order chi connectivity index (χ0) is 30.9. The van der Waals surface area contributed by atoms with Gasteiger partial charge >= 0.3 is 6.09 Å². The Morgan fingerprint density at radius 2 is 1.84 bits per heavy atom. The Balaban J connectivity index is 1.43. The summed E-state index contributed by atoms with van der Waals surface area (Å²) in [6.07, 6.45) is 3.43. The number of carbonyl (C=O) groups excluding carboxylic acids is 3. The van der Waals surface area contributed by atoms with Gasteiger partial charge in [0, 0.05) is 35.3 Å². The summed E-state index contributed by atoms with van der Waals surface area (Å²) in [5.41, 5.74) is 2.73. The number of amides is 2. The molecule has 1 N–H and O–H groups in total. The fourth-order valence-electron chi connectivity index (χ4n) is 5.82. The highest BCUT2D eigenvalue weighted by Gasteiger charge is 2.34. The molecule has 0 spiro atoms. The van der Waals surface area contributed by atoms with Crippen molar-refractivity contribution in [2.45, 2.75) is 77.3 Å². The minimum Gasteiger partial charge on any atom is -0.450 e. The zero-order valence-electron chi connectivity index (χ0n) is 24.9. The second-order valence-electron chi connectivity index (χ2n) is 10.9.